The molecule has 0 fully saturated rings. The molecular formula is C8H9NO5. The molecular weight excluding hydrogens is 190 g/mol. The Labute approximate surface area is 79.8 Å². The second-order valence-electron chi connectivity index (χ2n) is 2.14. The quantitative estimate of drug-likeness (QED) is 0.318. The third kappa shape index (κ3) is 7.99. The summed E-state index contributed by atoms with van der Waals surface area (Å²) in [6.07, 6.45) is 0. The molecule has 0 amide bonds. The zero-order valence-electron chi connectivity index (χ0n) is 7.41. The van der Waals surface area contributed by atoms with Crippen molar-refractivity contribution >= 4 is 5.97 Å². The summed E-state index contributed by atoms with van der Waals surface area (Å²) in [5.74, 6) is 0.307. The van der Waals surface area contributed by atoms with E-state index in [0.29, 0.717) is 5.75 Å². The van der Waals surface area contributed by atoms with Gasteiger partial charge in [0.15, 0.2) is 0 Å². The molecule has 6 heteroatoms. The van der Waals surface area contributed by atoms with E-state index in [2.05, 4.69) is 0 Å². The van der Waals surface area contributed by atoms with E-state index in [4.69, 9.17) is 20.1 Å². The average Bonchev–Trinajstić information content (AvgIpc) is 2.03. The molecule has 0 bridgehead atoms. The van der Waals surface area contributed by atoms with Gasteiger partial charge in [0, 0.05) is 6.92 Å². The number of rotatable bonds is 1. The van der Waals surface area contributed by atoms with Gasteiger partial charge in [-0.25, -0.2) is 0 Å². The van der Waals surface area contributed by atoms with E-state index in [-0.39, 0.29) is 5.97 Å². The minimum Gasteiger partial charge on any atom is -0.427 e. The Morgan fingerprint density at radius 1 is 1.43 bits per heavy atom. The molecule has 6 nitrogen and oxygen atoms in total. The summed E-state index contributed by atoms with van der Waals surface area (Å²) in [6.45, 7) is 1.38. The lowest BCUT2D eigenvalue weighted by atomic mass is 10.3. The fraction of sp³-hybridized carbons (Fsp3) is 0.125. The van der Waals surface area contributed by atoms with Gasteiger partial charge in [0.2, 0.25) is 0 Å². The van der Waals surface area contributed by atoms with Crippen molar-refractivity contribution in [3.63, 3.8) is 0 Å². The smallest absolute Gasteiger partial charge is 0.308 e. The molecule has 0 aliphatic heterocycles. The summed E-state index contributed by atoms with van der Waals surface area (Å²) < 4.78 is 4.78. The number of para-hydroxylation sites is 1. The number of ether oxygens (including phenoxy) is 1. The number of carbonyl (C=O) groups is 1. The predicted octanol–water partition coefficient (Wildman–Crippen LogP) is 1.26. The van der Waals surface area contributed by atoms with Gasteiger partial charge < -0.3 is 9.94 Å². The standard InChI is InChI=1S/C8H8O2.HNO3/c1-7(9)10-8-5-3-2-4-6-8;2-1(3)4/h2-6H,1H3;(H,2,3,4). The summed E-state index contributed by atoms with van der Waals surface area (Å²) in [5, 5.41) is 13.6. The molecule has 1 rings (SSSR count). The molecule has 1 aromatic rings. The van der Waals surface area contributed by atoms with E-state index >= 15 is 0 Å². The molecule has 0 heterocycles. The molecule has 0 aliphatic rings. The van der Waals surface area contributed by atoms with Crippen molar-refractivity contribution in [1.29, 1.82) is 0 Å². The maximum Gasteiger partial charge on any atom is 0.308 e. The van der Waals surface area contributed by atoms with Gasteiger partial charge in [-0.3, -0.25) is 4.79 Å². The monoisotopic (exact) mass is 199 g/mol. The lowest BCUT2D eigenvalue weighted by Gasteiger charge is -1.97. The van der Waals surface area contributed by atoms with Crippen LogP contribution < -0.4 is 4.74 Å². The predicted molar refractivity (Wildman–Crippen MR) is 46.5 cm³/mol. The van der Waals surface area contributed by atoms with Gasteiger partial charge in [0.05, 0.1) is 0 Å². The summed E-state index contributed by atoms with van der Waals surface area (Å²) in [7, 11) is 0. The van der Waals surface area contributed by atoms with Gasteiger partial charge in [-0.15, -0.1) is 10.1 Å². The molecule has 0 spiro atoms. The molecule has 0 aromatic heterocycles. The van der Waals surface area contributed by atoms with Crippen LogP contribution in [0.3, 0.4) is 0 Å². The zero-order valence-corrected chi connectivity index (χ0v) is 7.41. The number of hydrogen-bond donors (Lipinski definition) is 1. The molecule has 14 heavy (non-hydrogen) atoms. The van der Waals surface area contributed by atoms with Crippen molar-refractivity contribution in [3.05, 3.63) is 40.4 Å². The van der Waals surface area contributed by atoms with Crippen molar-refractivity contribution in [2.24, 2.45) is 0 Å². The minimum atomic E-state index is -1.50. The van der Waals surface area contributed by atoms with Crippen LogP contribution in [0.15, 0.2) is 30.3 Å². The second-order valence-corrected chi connectivity index (χ2v) is 2.14. The fourth-order valence-electron chi connectivity index (χ4n) is 0.655. The third-order valence-corrected chi connectivity index (χ3v) is 1.00. The van der Waals surface area contributed by atoms with Crippen LogP contribution in [0.25, 0.3) is 0 Å². The topological polar surface area (TPSA) is 89.7 Å². The van der Waals surface area contributed by atoms with Gasteiger partial charge in [0.25, 0.3) is 5.09 Å². The van der Waals surface area contributed by atoms with E-state index < -0.39 is 5.09 Å². The Morgan fingerprint density at radius 3 is 2.21 bits per heavy atom. The first-order chi connectivity index (χ1) is 6.52. The van der Waals surface area contributed by atoms with E-state index in [1.807, 2.05) is 18.2 Å². The molecule has 0 radical (unpaired) electrons. The normalized spacial score (nSPS) is 8.07. The molecule has 0 saturated carbocycles. The highest BCUT2D eigenvalue weighted by molar-refractivity contribution is 5.69. The molecule has 1 N–H and O–H groups in total. The van der Waals surface area contributed by atoms with Gasteiger partial charge in [-0.05, 0) is 12.1 Å². The van der Waals surface area contributed by atoms with Crippen LogP contribution in [0.1, 0.15) is 6.92 Å². The van der Waals surface area contributed by atoms with Crippen LogP contribution in [-0.4, -0.2) is 16.3 Å². The van der Waals surface area contributed by atoms with Crippen molar-refractivity contribution < 1.29 is 19.8 Å². The first-order valence-corrected chi connectivity index (χ1v) is 3.59. The van der Waals surface area contributed by atoms with Gasteiger partial charge in [-0.1, -0.05) is 18.2 Å². The Morgan fingerprint density at radius 2 is 1.86 bits per heavy atom. The SMILES string of the molecule is CC(=O)Oc1ccccc1.O=[N+]([O-])O. The third-order valence-electron chi connectivity index (χ3n) is 1.00. The molecule has 0 aliphatic carbocycles. The molecule has 0 saturated heterocycles. The number of esters is 1. The molecule has 0 unspecified atom stereocenters. The van der Waals surface area contributed by atoms with Crippen LogP contribution >= 0.6 is 0 Å². The van der Waals surface area contributed by atoms with Crippen LogP contribution in [0, 0.1) is 10.1 Å². The average molecular weight is 199 g/mol. The highest BCUT2D eigenvalue weighted by Crippen LogP contribution is 2.07. The van der Waals surface area contributed by atoms with Crippen molar-refractivity contribution in [1.82, 2.24) is 0 Å². The van der Waals surface area contributed by atoms with Crippen LogP contribution in [0.2, 0.25) is 0 Å². The number of benzene rings is 1. The van der Waals surface area contributed by atoms with E-state index in [0.717, 1.165) is 0 Å². The highest BCUT2D eigenvalue weighted by atomic mass is 16.9. The highest BCUT2D eigenvalue weighted by Gasteiger charge is 1.92. The van der Waals surface area contributed by atoms with Crippen molar-refractivity contribution in [2.45, 2.75) is 6.92 Å². The Kier molecular flexibility index (Phi) is 5.44. The zero-order chi connectivity index (χ0) is 11.0. The van der Waals surface area contributed by atoms with E-state index in [9.17, 15) is 4.79 Å². The van der Waals surface area contributed by atoms with Crippen LogP contribution in [-0.2, 0) is 4.79 Å². The number of nitrogens with zero attached hydrogens (tertiary/aromatic N) is 1. The number of carbonyl (C=O) groups excluding carboxylic acids is 1. The van der Waals surface area contributed by atoms with Crippen molar-refractivity contribution in [2.75, 3.05) is 0 Å². The largest absolute Gasteiger partial charge is 0.427 e. The second kappa shape index (κ2) is 6.41. The summed E-state index contributed by atoms with van der Waals surface area (Å²) in [6, 6.07) is 8.98. The fourth-order valence-corrected chi connectivity index (χ4v) is 0.655. The minimum absolute atomic E-state index is 0.286. The first kappa shape index (κ1) is 11.9. The maximum absolute atomic E-state index is 10.4. The number of hydrogen-bond acceptors (Lipinski definition) is 4. The van der Waals surface area contributed by atoms with Gasteiger partial charge >= 0.3 is 5.97 Å². The summed E-state index contributed by atoms with van der Waals surface area (Å²) >= 11 is 0. The summed E-state index contributed by atoms with van der Waals surface area (Å²) in [4.78, 5) is 18.8. The lowest BCUT2D eigenvalue weighted by Crippen LogP contribution is -2.00. The first-order valence-electron chi connectivity index (χ1n) is 3.59. The molecule has 76 valence electrons. The van der Waals surface area contributed by atoms with Crippen LogP contribution in [0.5, 0.6) is 5.75 Å². The lowest BCUT2D eigenvalue weighted by molar-refractivity contribution is -0.742. The van der Waals surface area contributed by atoms with Gasteiger partial charge in [-0.2, -0.15) is 0 Å². The maximum atomic E-state index is 10.4. The van der Waals surface area contributed by atoms with Gasteiger partial charge in [0.1, 0.15) is 5.75 Å². The van der Waals surface area contributed by atoms with Crippen molar-refractivity contribution in [3.8, 4) is 5.75 Å². The Balaban J connectivity index is 0.000000364. The van der Waals surface area contributed by atoms with E-state index in [1.54, 1.807) is 12.1 Å². The Bertz CT molecular complexity index is 294. The Hall–Kier alpha value is -2.11. The van der Waals surface area contributed by atoms with E-state index in [1.165, 1.54) is 6.92 Å². The molecule has 1 aromatic carbocycles. The molecule has 0 atom stereocenters. The van der Waals surface area contributed by atoms with Crippen LogP contribution in [0.4, 0.5) is 0 Å². The summed E-state index contributed by atoms with van der Waals surface area (Å²) in [5.41, 5.74) is 0.